The molecule has 110 valence electrons. The zero-order valence-electron chi connectivity index (χ0n) is 12.2. The number of hydrogen-bond acceptors (Lipinski definition) is 4. The van der Waals surface area contributed by atoms with Crippen LogP contribution in [0.5, 0.6) is 11.5 Å². The molecule has 0 radical (unpaired) electrons. The Balaban J connectivity index is 1.56. The smallest absolute Gasteiger partial charge is 0.231 e. The second kappa shape index (κ2) is 5.62. The van der Waals surface area contributed by atoms with Gasteiger partial charge in [-0.3, -0.25) is 0 Å². The van der Waals surface area contributed by atoms with E-state index in [-0.39, 0.29) is 5.54 Å². The summed E-state index contributed by atoms with van der Waals surface area (Å²) in [6.45, 7) is 4.34. The number of nitrogens with two attached hydrogens (primary N) is 1. The fourth-order valence-electron chi connectivity index (χ4n) is 2.49. The van der Waals surface area contributed by atoms with Crippen molar-refractivity contribution in [3.63, 3.8) is 0 Å². The van der Waals surface area contributed by atoms with Crippen molar-refractivity contribution in [1.82, 2.24) is 5.32 Å². The molecular formula is C16H24N2O2. The average Bonchev–Trinajstić information content (AvgIpc) is 3.19. The predicted octanol–water partition coefficient (Wildman–Crippen LogP) is 2.06. The highest BCUT2D eigenvalue weighted by molar-refractivity contribution is 5.44. The van der Waals surface area contributed by atoms with Gasteiger partial charge >= 0.3 is 0 Å². The number of hydrogen-bond donors (Lipinski definition) is 2. The third kappa shape index (κ3) is 3.25. The number of ether oxygens (including phenoxy) is 2. The van der Waals surface area contributed by atoms with Crippen LogP contribution in [0.2, 0.25) is 0 Å². The van der Waals surface area contributed by atoms with Gasteiger partial charge in [0.2, 0.25) is 6.79 Å². The normalized spacial score (nSPS) is 19.9. The van der Waals surface area contributed by atoms with E-state index in [1.54, 1.807) is 0 Å². The van der Waals surface area contributed by atoms with Crippen LogP contribution >= 0.6 is 0 Å². The first-order chi connectivity index (χ1) is 9.68. The van der Waals surface area contributed by atoms with Crippen molar-refractivity contribution in [3.05, 3.63) is 23.8 Å². The Labute approximate surface area is 120 Å². The maximum absolute atomic E-state index is 5.96. The van der Waals surface area contributed by atoms with Gasteiger partial charge in [-0.2, -0.15) is 0 Å². The topological polar surface area (TPSA) is 56.5 Å². The molecular weight excluding hydrogens is 252 g/mol. The molecule has 1 aromatic rings. The molecule has 1 aromatic carbocycles. The highest BCUT2D eigenvalue weighted by Gasteiger charge is 2.27. The third-order valence-electron chi connectivity index (χ3n) is 4.37. The molecule has 0 aromatic heterocycles. The molecule has 3 N–H and O–H groups in total. The summed E-state index contributed by atoms with van der Waals surface area (Å²) in [7, 11) is 0. The van der Waals surface area contributed by atoms with Gasteiger partial charge in [-0.05, 0) is 62.8 Å². The molecule has 3 rings (SSSR count). The van der Waals surface area contributed by atoms with Crippen molar-refractivity contribution in [3.8, 4) is 11.5 Å². The molecule has 0 amide bonds. The monoisotopic (exact) mass is 276 g/mol. The summed E-state index contributed by atoms with van der Waals surface area (Å²) >= 11 is 0. The van der Waals surface area contributed by atoms with Gasteiger partial charge < -0.3 is 20.5 Å². The molecule has 1 aliphatic heterocycles. The first kappa shape index (κ1) is 13.7. The van der Waals surface area contributed by atoms with E-state index in [0.29, 0.717) is 13.3 Å². The molecule has 1 fully saturated rings. The van der Waals surface area contributed by atoms with Crippen molar-refractivity contribution < 1.29 is 9.47 Å². The lowest BCUT2D eigenvalue weighted by Gasteiger charge is -2.30. The van der Waals surface area contributed by atoms with E-state index in [9.17, 15) is 0 Å². The van der Waals surface area contributed by atoms with Crippen molar-refractivity contribution in [2.45, 2.75) is 38.1 Å². The van der Waals surface area contributed by atoms with E-state index in [4.69, 9.17) is 15.2 Å². The van der Waals surface area contributed by atoms with Crippen molar-refractivity contribution in [2.75, 3.05) is 19.9 Å². The molecule has 4 heteroatoms. The van der Waals surface area contributed by atoms with Gasteiger partial charge in [0.1, 0.15) is 0 Å². The Kier molecular flexibility index (Phi) is 3.85. The lowest BCUT2D eigenvalue weighted by Crippen LogP contribution is -2.49. The molecule has 0 bridgehead atoms. The molecule has 2 aliphatic rings. The van der Waals surface area contributed by atoms with Crippen LogP contribution in [-0.2, 0) is 6.42 Å². The highest BCUT2D eigenvalue weighted by atomic mass is 16.7. The van der Waals surface area contributed by atoms with E-state index >= 15 is 0 Å². The van der Waals surface area contributed by atoms with Gasteiger partial charge in [-0.1, -0.05) is 6.07 Å². The van der Waals surface area contributed by atoms with Gasteiger partial charge in [-0.25, -0.2) is 0 Å². The Morgan fingerprint density at radius 2 is 2.10 bits per heavy atom. The summed E-state index contributed by atoms with van der Waals surface area (Å²) in [6, 6.07) is 6.20. The molecule has 1 aliphatic carbocycles. The van der Waals surface area contributed by atoms with Gasteiger partial charge in [0.05, 0.1) is 0 Å². The maximum atomic E-state index is 5.96. The Bertz CT molecular complexity index is 474. The van der Waals surface area contributed by atoms with E-state index in [2.05, 4.69) is 24.4 Å². The molecule has 1 heterocycles. The minimum Gasteiger partial charge on any atom is -0.454 e. The van der Waals surface area contributed by atoms with Crippen LogP contribution in [-0.4, -0.2) is 25.4 Å². The minimum atomic E-state index is 0.0267. The van der Waals surface area contributed by atoms with E-state index < -0.39 is 0 Å². The summed E-state index contributed by atoms with van der Waals surface area (Å²) in [6.07, 6.45) is 4.78. The summed E-state index contributed by atoms with van der Waals surface area (Å²) in [5, 5.41) is 3.65. The SMILES string of the molecule is CC(CN)(CCc1ccc2c(c1)OCO2)NCC1CC1. The van der Waals surface area contributed by atoms with Crippen molar-refractivity contribution in [2.24, 2.45) is 11.7 Å². The molecule has 1 saturated carbocycles. The van der Waals surface area contributed by atoms with Crippen LogP contribution in [0.3, 0.4) is 0 Å². The summed E-state index contributed by atoms with van der Waals surface area (Å²) < 4.78 is 10.8. The molecule has 20 heavy (non-hydrogen) atoms. The summed E-state index contributed by atoms with van der Waals surface area (Å²) in [4.78, 5) is 0. The first-order valence-electron chi connectivity index (χ1n) is 7.52. The Morgan fingerprint density at radius 1 is 1.30 bits per heavy atom. The van der Waals surface area contributed by atoms with Gasteiger partial charge in [0.25, 0.3) is 0 Å². The predicted molar refractivity (Wildman–Crippen MR) is 79.1 cm³/mol. The number of aryl methyl sites for hydroxylation is 1. The molecule has 1 atom stereocenters. The second-order valence-corrected chi connectivity index (χ2v) is 6.28. The van der Waals surface area contributed by atoms with Gasteiger partial charge in [-0.15, -0.1) is 0 Å². The molecule has 1 unspecified atom stereocenters. The number of benzene rings is 1. The summed E-state index contributed by atoms with van der Waals surface area (Å²) in [5.74, 6) is 2.59. The number of nitrogens with one attached hydrogen (secondary N) is 1. The molecule has 0 saturated heterocycles. The fourth-order valence-corrected chi connectivity index (χ4v) is 2.49. The van der Waals surface area contributed by atoms with E-state index in [0.717, 1.165) is 36.8 Å². The van der Waals surface area contributed by atoms with Gasteiger partial charge in [0.15, 0.2) is 11.5 Å². The van der Waals surface area contributed by atoms with Crippen LogP contribution in [0.4, 0.5) is 0 Å². The number of rotatable bonds is 7. The standard InChI is InChI=1S/C16H24N2O2/c1-16(10-17,18-9-13-2-3-13)7-6-12-4-5-14-15(8-12)20-11-19-14/h4-5,8,13,18H,2-3,6-7,9-11,17H2,1H3. The quantitative estimate of drug-likeness (QED) is 0.800. The zero-order valence-corrected chi connectivity index (χ0v) is 12.2. The fraction of sp³-hybridized carbons (Fsp3) is 0.625. The second-order valence-electron chi connectivity index (χ2n) is 6.28. The summed E-state index contributed by atoms with van der Waals surface area (Å²) in [5.41, 5.74) is 7.27. The minimum absolute atomic E-state index is 0.0267. The highest BCUT2D eigenvalue weighted by Crippen LogP contribution is 2.33. The maximum Gasteiger partial charge on any atom is 0.231 e. The zero-order chi connectivity index (χ0) is 14.0. The van der Waals surface area contributed by atoms with Crippen LogP contribution in [0, 0.1) is 5.92 Å². The van der Waals surface area contributed by atoms with Gasteiger partial charge in [0, 0.05) is 12.1 Å². The van der Waals surface area contributed by atoms with Crippen LogP contribution < -0.4 is 20.5 Å². The Hall–Kier alpha value is -1.26. The van der Waals surface area contributed by atoms with Crippen molar-refractivity contribution >= 4 is 0 Å². The third-order valence-corrected chi connectivity index (χ3v) is 4.37. The molecule has 4 nitrogen and oxygen atoms in total. The van der Waals surface area contributed by atoms with Crippen LogP contribution in [0.1, 0.15) is 31.7 Å². The largest absolute Gasteiger partial charge is 0.454 e. The molecule has 0 spiro atoms. The van der Waals surface area contributed by atoms with E-state index in [1.165, 1.54) is 18.4 Å². The first-order valence-corrected chi connectivity index (χ1v) is 7.52. The van der Waals surface area contributed by atoms with Crippen LogP contribution in [0.15, 0.2) is 18.2 Å². The van der Waals surface area contributed by atoms with Crippen molar-refractivity contribution in [1.29, 1.82) is 0 Å². The lowest BCUT2D eigenvalue weighted by molar-refractivity contribution is 0.174. The average molecular weight is 276 g/mol. The lowest BCUT2D eigenvalue weighted by atomic mass is 9.93. The van der Waals surface area contributed by atoms with Crippen LogP contribution in [0.25, 0.3) is 0 Å². The van der Waals surface area contributed by atoms with E-state index in [1.807, 2.05) is 6.07 Å². The Morgan fingerprint density at radius 3 is 2.85 bits per heavy atom. The number of fused-ring (bicyclic) bond motifs is 1.